The Morgan fingerprint density at radius 1 is 0.458 bits per heavy atom. The molecule has 2 heteroatoms. The average Bonchev–Trinajstić information content (AvgIpc) is 3.17. The third-order valence-corrected chi connectivity index (χ3v) is 4.86. The number of para-hydroxylation sites is 1. The zero-order chi connectivity index (χ0) is 15.7. The molecule has 0 N–H and O–H groups in total. The number of furan rings is 2. The predicted octanol–water partition coefficient (Wildman–Crippen LogP) is 6.64. The van der Waals surface area contributed by atoms with Crippen molar-refractivity contribution in [2.45, 2.75) is 0 Å². The minimum atomic E-state index is 0.868. The Bertz CT molecular complexity index is 1400. The van der Waals surface area contributed by atoms with E-state index in [0.29, 0.717) is 0 Å². The molecule has 0 aliphatic carbocycles. The van der Waals surface area contributed by atoms with Crippen LogP contribution >= 0.6 is 0 Å². The Morgan fingerprint density at radius 3 is 2.17 bits per heavy atom. The topological polar surface area (TPSA) is 26.3 Å². The first-order valence-corrected chi connectivity index (χ1v) is 8.04. The Balaban J connectivity index is 1.89. The third kappa shape index (κ3) is 1.45. The van der Waals surface area contributed by atoms with Gasteiger partial charge in [-0.1, -0.05) is 48.5 Å². The van der Waals surface area contributed by atoms with Crippen LogP contribution in [0, 0.1) is 0 Å². The van der Waals surface area contributed by atoms with Gasteiger partial charge in [-0.25, -0.2) is 0 Å². The molecule has 112 valence electrons. The minimum absolute atomic E-state index is 0.868. The van der Waals surface area contributed by atoms with Crippen molar-refractivity contribution in [3.05, 3.63) is 72.8 Å². The van der Waals surface area contributed by atoms with Crippen LogP contribution in [-0.2, 0) is 0 Å². The number of hydrogen-bond acceptors (Lipinski definition) is 2. The van der Waals surface area contributed by atoms with Crippen LogP contribution in [0.1, 0.15) is 0 Å². The smallest absolute Gasteiger partial charge is 0.139 e. The Kier molecular flexibility index (Phi) is 2.12. The van der Waals surface area contributed by atoms with Gasteiger partial charge in [0.25, 0.3) is 0 Å². The molecule has 4 aromatic carbocycles. The molecule has 2 nitrogen and oxygen atoms in total. The van der Waals surface area contributed by atoms with Crippen LogP contribution in [0.4, 0.5) is 0 Å². The highest BCUT2D eigenvalue weighted by Gasteiger charge is 2.14. The van der Waals surface area contributed by atoms with Gasteiger partial charge in [0.15, 0.2) is 0 Å². The number of fused-ring (bicyclic) bond motifs is 8. The van der Waals surface area contributed by atoms with Gasteiger partial charge in [0.1, 0.15) is 22.3 Å². The van der Waals surface area contributed by atoms with Gasteiger partial charge in [-0.3, -0.25) is 0 Å². The second kappa shape index (κ2) is 4.18. The summed E-state index contributed by atoms with van der Waals surface area (Å²) in [6.45, 7) is 0. The minimum Gasteiger partial charge on any atom is -0.456 e. The van der Waals surface area contributed by atoms with Crippen molar-refractivity contribution in [1.29, 1.82) is 0 Å². The fourth-order valence-electron chi connectivity index (χ4n) is 3.77. The van der Waals surface area contributed by atoms with Crippen molar-refractivity contribution in [3.63, 3.8) is 0 Å². The normalized spacial score (nSPS) is 12.2. The van der Waals surface area contributed by atoms with Crippen LogP contribution in [0.15, 0.2) is 81.6 Å². The highest BCUT2D eigenvalue weighted by atomic mass is 16.3. The molecular formula is C22H12O2. The van der Waals surface area contributed by atoms with Crippen molar-refractivity contribution < 1.29 is 8.83 Å². The molecule has 6 aromatic rings. The van der Waals surface area contributed by atoms with E-state index in [1.54, 1.807) is 0 Å². The fourth-order valence-corrected chi connectivity index (χ4v) is 3.77. The predicted molar refractivity (Wildman–Crippen MR) is 98.5 cm³/mol. The van der Waals surface area contributed by atoms with Crippen molar-refractivity contribution in [1.82, 2.24) is 0 Å². The van der Waals surface area contributed by atoms with E-state index in [2.05, 4.69) is 48.5 Å². The maximum absolute atomic E-state index is 6.10. The fraction of sp³-hybridized carbons (Fsp3) is 0. The molecule has 0 saturated heterocycles. The summed E-state index contributed by atoms with van der Waals surface area (Å²) in [7, 11) is 0. The van der Waals surface area contributed by atoms with E-state index in [0.717, 1.165) is 38.5 Å². The van der Waals surface area contributed by atoms with Gasteiger partial charge in [0, 0.05) is 27.6 Å². The van der Waals surface area contributed by atoms with E-state index in [1.807, 2.05) is 24.3 Å². The summed E-state index contributed by atoms with van der Waals surface area (Å²) in [5, 5.41) is 7.04. The molecule has 2 aromatic heterocycles. The maximum atomic E-state index is 6.10. The van der Waals surface area contributed by atoms with E-state index in [9.17, 15) is 0 Å². The molecule has 0 aliphatic rings. The van der Waals surface area contributed by atoms with E-state index in [4.69, 9.17) is 8.83 Å². The summed E-state index contributed by atoms with van der Waals surface area (Å²) >= 11 is 0. The molecule has 0 fully saturated rings. The van der Waals surface area contributed by atoms with Gasteiger partial charge in [-0.05, 0) is 29.0 Å². The molecule has 0 saturated carbocycles. The quantitative estimate of drug-likeness (QED) is 0.314. The molecule has 6 rings (SSSR count). The van der Waals surface area contributed by atoms with Crippen LogP contribution in [-0.4, -0.2) is 0 Å². The molecule has 0 amide bonds. The third-order valence-electron chi connectivity index (χ3n) is 4.86. The molecule has 0 aliphatic heterocycles. The summed E-state index contributed by atoms with van der Waals surface area (Å²) in [6, 6.07) is 25.0. The average molecular weight is 308 g/mol. The molecule has 0 unspecified atom stereocenters. The van der Waals surface area contributed by atoms with Crippen molar-refractivity contribution >= 4 is 54.6 Å². The lowest BCUT2D eigenvalue weighted by Crippen LogP contribution is -1.74. The van der Waals surface area contributed by atoms with Crippen molar-refractivity contribution in [3.8, 4) is 0 Å². The molecule has 0 radical (unpaired) electrons. The SMILES string of the molecule is c1ccc2c(c1)ccc1oc3cc4oc5ccccc5c4cc3c12. The van der Waals surface area contributed by atoms with E-state index in [1.165, 1.54) is 16.2 Å². The lowest BCUT2D eigenvalue weighted by atomic mass is 10.0. The lowest BCUT2D eigenvalue weighted by molar-refractivity contribution is 0.656. The van der Waals surface area contributed by atoms with E-state index >= 15 is 0 Å². The number of rotatable bonds is 0. The molecule has 0 atom stereocenters. The summed E-state index contributed by atoms with van der Waals surface area (Å²) in [5.41, 5.74) is 3.56. The Morgan fingerprint density at radius 2 is 1.21 bits per heavy atom. The lowest BCUT2D eigenvalue weighted by Gasteiger charge is -1.98. The van der Waals surface area contributed by atoms with Crippen molar-refractivity contribution in [2.75, 3.05) is 0 Å². The standard InChI is InChI=1S/C22H12O2/c1-2-6-14-13(5-1)9-10-19-22(14)17-11-16-15-7-3-4-8-18(15)23-20(16)12-21(17)24-19/h1-12H. The van der Waals surface area contributed by atoms with Crippen LogP contribution < -0.4 is 0 Å². The van der Waals surface area contributed by atoms with Crippen molar-refractivity contribution in [2.24, 2.45) is 0 Å². The van der Waals surface area contributed by atoms with Gasteiger partial charge in [0.2, 0.25) is 0 Å². The Labute approximate surface area is 136 Å². The van der Waals surface area contributed by atoms with E-state index in [-0.39, 0.29) is 0 Å². The monoisotopic (exact) mass is 308 g/mol. The number of hydrogen-bond donors (Lipinski definition) is 0. The second-order valence-corrected chi connectivity index (χ2v) is 6.20. The first-order chi connectivity index (χ1) is 11.9. The van der Waals surface area contributed by atoms with Crippen LogP contribution in [0.2, 0.25) is 0 Å². The second-order valence-electron chi connectivity index (χ2n) is 6.20. The zero-order valence-corrected chi connectivity index (χ0v) is 12.7. The summed E-state index contributed by atoms with van der Waals surface area (Å²) < 4.78 is 12.1. The first kappa shape index (κ1) is 12.2. The molecule has 0 spiro atoms. The maximum Gasteiger partial charge on any atom is 0.139 e. The summed E-state index contributed by atoms with van der Waals surface area (Å²) in [4.78, 5) is 0. The zero-order valence-electron chi connectivity index (χ0n) is 12.7. The highest BCUT2D eigenvalue weighted by molar-refractivity contribution is 6.22. The van der Waals surface area contributed by atoms with Gasteiger partial charge in [0.05, 0.1) is 0 Å². The molecule has 2 heterocycles. The van der Waals surface area contributed by atoms with Gasteiger partial charge < -0.3 is 8.83 Å². The molecular weight excluding hydrogens is 296 g/mol. The summed E-state index contributed by atoms with van der Waals surface area (Å²) in [6.07, 6.45) is 0. The largest absolute Gasteiger partial charge is 0.456 e. The van der Waals surface area contributed by atoms with Crippen LogP contribution in [0.5, 0.6) is 0 Å². The molecule has 0 bridgehead atoms. The van der Waals surface area contributed by atoms with E-state index < -0.39 is 0 Å². The van der Waals surface area contributed by atoms with Crippen LogP contribution in [0.25, 0.3) is 54.6 Å². The first-order valence-electron chi connectivity index (χ1n) is 8.04. The Hall–Kier alpha value is -3.26. The van der Waals surface area contributed by atoms with Crippen LogP contribution in [0.3, 0.4) is 0 Å². The van der Waals surface area contributed by atoms with Gasteiger partial charge >= 0.3 is 0 Å². The van der Waals surface area contributed by atoms with Gasteiger partial charge in [-0.15, -0.1) is 0 Å². The highest BCUT2D eigenvalue weighted by Crippen LogP contribution is 2.39. The summed E-state index contributed by atoms with van der Waals surface area (Å²) in [5.74, 6) is 0. The molecule has 24 heavy (non-hydrogen) atoms. The number of benzene rings is 4. The van der Waals surface area contributed by atoms with Gasteiger partial charge in [-0.2, -0.15) is 0 Å².